The molecule has 0 atom stereocenters. The molecule has 6 rings (SSSR count). The molecule has 202 valence electrons. The van der Waals surface area contributed by atoms with Gasteiger partial charge in [-0.3, -0.25) is 4.79 Å². The molecule has 9 nitrogen and oxygen atoms in total. The molecule has 9 heteroatoms. The molecule has 0 amide bonds. The van der Waals surface area contributed by atoms with Crippen LogP contribution in [0.2, 0.25) is 0 Å². The number of benzene rings is 1. The van der Waals surface area contributed by atoms with E-state index in [0.717, 1.165) is 30.9 Å². The van der Waals surface area contributed by atoms with Crippen LogP contribution in [-0.4, -0.2) is 49.4 Å². The summed E-state index contributed by atoms with van der Waals surface area (Å²) in [5, 5.41) is 3.82. The minimum Gasteiger partial charge on any atom is -0.369 e. The highest BCUT2D eigenvalue weighted by atomic mass is 16.5. The molecule has 0 fully saturated rings. The van der Waals surface area contributed by atoms with Crippen LogP contribution in [0.3, 0.4) is 0 Å². The normalized spacial score (nSPS) is 18.6. The van der Waals surface area contributed by atoms with Gasteiger partial charge in [0.25, 0.3) is 5.56 Å². The highest BCUT2D eigenvalue weighted by Crippen LogP contribution is 2.34. The van der Waals surface area contributed by atoms with Gasteiger partial charge in [0.2, 0.25) is 5.95 Å². The summed E-state index contributed by atoms with van der Waals surface area (Å²) in [6, 6.07) is 12.2. The molecule has 4 aromatic rings. The average molecular weight is 526 g/mol. The molecule has 2 aliphatic rings. The van der Waals surface area contributed by atoms with E-state index in [9.17, 15) is 4.79 Å². The first-order valence-corrected chi connectivity index (χ1v) is 13.5. The van der Waals surface area contributed by atoms with E-state index in [1.165, 1.54) is 11.1 Å². The first kappa shape index (κ1) is 25.5. The van der Waals surface area contributed by atoms with Gasteiger partial charge in [0.15, 0.2) is 11.5 Å². The highest BCUT2D eigenvalue weighted by molar-refractivity contribution is 5.77. The van der Waals surface area contributed by atoms with E-state index in [1.807, 2.05) is 44.2 Å². The molecule has 2 aliphatic heterocycles. The van der Waals surface area contributed by atoms with E-state index in [2.05, 4.69) is 54.3 Å². The van der Waals surface area contributed by atoms with E-state index in [0.29, 0.717) is 36.0 Å². The monoisotopic (exact) mass is 525 g/mol. The van der Waals surface area contributed by atoms with Crippen LogP contribution in [0.25, 0.3) is 16.9 Å². The lowest BCUT2D eigenvalue weighted by atomic mass is 9.78. The second-order valence-electron chi connectivity index (χ2n) is 11.7. The molecule has 1 N–H and O–H groups in total. The number of hydrogen-bond donors (Lipinski definition) is 1. The number of anilines is 2. The van der Waals surface area contributed by atoms with Crippen molar-refractivity contribution in [3.63, 3.8) is 0 Å². The van der Waals surface area contributed by atoms with Crippen LogP contribution in [-0.2, 0) is 28.8 Å². The Labute approximate surface area is 228 Å². The second-order valence-corrected chi connectivity index (χ2v) is 11.7. The molecule has 1 aromatic carbocycles. The van der Waals surface area contributed by atoms with Crippen molar-refractivity contribution in [3.05, 3.63) is 81.9 Å². The number of aromatic nitrogens is 5. The second kappa shape index (κ2) is 9.43. The van der Waals surface area contributed by atoms with Crippen molar-refractivity contribution < 1.29 is 4.74 Å². The molecule has 0 saturated heterocycles. The summed E-state index contributed by atoms with van der Waals surface area (Å²) in [6.07, 6.45) is 6.38. The van der Waals surface area contributed by atoms with Gasteiger partial charge in [-0.1, -0.05) is 38.1 Å². The number of likely N-dealkylation sites (N-methyl/N-ethyl adjacent to an activating group) is 1. The quantitative estimate of drug-likeness (QED) is 0.381. The highest BCUT2D eigenvalue weighted by Gasteiger charge is 2.30. The molecule has 0 unspecified atom stereocenters. The Bertz CT molecular complexity index is 1650. The van der Waals surface area contributed by atoms with Crippen LogP contribution in [0, 0.1) is 0 Å². The van der Waals surface area contributed by atoms with Gasteiger partial charge in [0, 0.05) is 30.4 Å². The topological polar surface area (TPSA) is 90.1 Å². The molecule has 5 heterocycles. The molecular weight excluding hydrogens is 490 g/mol. The van der Waals surface area contributed by atoms with Crippen LogP contribution in [0.4, 0.5) is 11.6 Å². The molecule has 0 saturated carbocycles. The standard InChI is InChI=1S/C30H35N7O2/c1-29(2)19-35(5)18-20-16-21(12-13-23(20)29)32-28-31-17-22-26(34-28)37-25-11-9-10-24(33-25)30(3,4)39-15-8-6-7-14-36(37)27(22)38/h6-7,9-13,16-17H,8,14-15,18-19H2,1-5H3,(H,31,32,34). The summed E-state index contributed by atoms with van der Waals surface area (Å²) < 4.78 is 9.59. The van der Waals surface area contributed by atoms with Gasteiger partial charge in [-0.25, -0.2) is 19.3 Å². The van der Waals surface area contributed by atoms with Crippen LogP contribution >= 0.6 is 0 Å². The van der Waals surface area contributed by atoms with Gasteiger partial charge < -0.3 is 15.0 Å². The van der Waals surface area contributed by atoms with E-state index in [-0.39, 0.29) is 11.0 Å². The SMILES string of the molecule is CN1Cc2cc(Nc3ncc4c(=O)n5n(c4n3)-c3cccc(n3)C(C)(C)OCCC=CC5)ccc2C(C)(C)C1. The lowest BCUT2D eigenvalue weighted by Crippen LogP contribution is -2.39. The Morgan fingerprint density at radius 1 is 1.05 bits per heavy atom. The van der Waals surface area contributed by atoms with Gasteiger partial charge >= 0.3 is 0 Å². The third-order valence-electron chi connectivity index (χ3n) is 7.63. The smallest absolute Gasteiger partial charge is 0.278 e. The predicted octanol–water partition coefficient (Wildman–Crippen LogP) is 4.66. The lowest BCUT2D eigenvalue weighted by Gasteiger charge is -2.38. The summed E-state index contributed by atoms with van der Waals surface area (Å²) in [5.74, 6) is 1.03. The molecular formula is C30H35N7O2. The molecule has 39 heavy (non-hydrogen) atoms. The number of ether oxygens (including phenoxy) is 1. The maximum atomic E-state index is 13.5. The molecule has 0 spiro atoms. The fourth-order valence-corrected chi connectivity index (χ4v) is 5.81. The number of fused-ring (bicyclic) bond motifs is 7. The van der Waals surface area contributed by atoms with Crippen LogP contribution < -0.4 is 10.9 Å². The minimum atomic E-state index is -0.575. The van der Waals surface area contributed by atoms with Crippen molar-refractivity contribution in [2.24, 2.45) is 0 Å². The van der Waals surface area contributed by atoms with Crippen LogP contribution in [0.1, 0.15) is 50.9 Å². The van der Waals surface area contributed by atoms with E-state index < -0.39 is 5.60 Å². The number of allylic oxidation sites excluding steroid dienone is 1. The van der Waals surface area contributed by atoms with Gasteiger partial charge in [0.05, 0.1) is 18.8 Å². The largest absolute Gasteiger partial charge is 0.369 e. The Hall–Kier alpha value is -3.82. The summed E-state index contributed by atoms with van der Waals surface area (Å²) in [6.45, 7) is 11.5. The Balaban J connectivity index is 1.45. The van der Waals surface area contributed by atoms with Crippen molar-refractivity contribution >= 4 is 22.7 Å². The van der Waals surface area contributed by atoms with Crippen molar-refractivity contribution in [1.82, 2.24) is 29.2 Å². The van der Waals surface area contributed by atoms with Crippen LogP contribution in [0.5, 0.6) is 0 Å². The number of nitrogens with one attached hydrogen (secondary N) is 1. The van der Waals surface area contributed by atoms with E-state index in [4.69, 9.17) is 14.7 Å². The Kier molecular flexibility index (Phi) is 6.15. The lowest BCUT2D eigenvalue weighted by molar-refractivity contribution is -0.0224. The molecule has 0 radical (unpaired) electrons. The number of pyridine rings is 1. The maximum Gasteiger partial charge on any atom is 0.278 e. The summed E-state index contributed by atoms with van der Waals surface area (Å²) >= 11 is 0. The fourth-order valence-electron chi connectivity index (χ4n) is 5.81. The van der Waals surface area contributed by atoms with E-state index in [1.54, 1.807) is 15.6 Å². The van der Waals surface area contributed by atoms with Gasteiger partial charge in [-0.15, -0.1) is 0 Å². The Morgan fingerprint density at radius 2 is 1.90 bits per heavy atom. The summed E-state index contributed by atoms with van der Waals surface area (Å²) in [4.78, 5) is 30.1. The maximum absolute atomic E-state index is 13.5. The first-order valence-electron chi connectivity index (χ1n) is 13.5. The number of nitrogens with zero attached hydrogens (tertiary/aromatic N) is 6. The van der Waals surface area contributed by atoms with Gasteiger partial charge in [0.1, 0.15) is 11.0 Å². The van der Waals surface area contributed by atoms with Crippen LogP contribution in [0.15, 0.2) is 59.5 Å². The third-order valence-corrected chi connectivity index (χ3v) is 7.63. The first-order chi connectivity index (χ1) is 18.6. The van der Waals surface area contributed by atoms with Gasteiger partial charge in [-0.2, -0.15) is 4.98 Å². The van der Waals surface area contributed by atoms with Crippen molar-refractivity contribution in [2.45, 2.75) is 58.2 Å². The number of rotatable bonds is 2. The van der Waals surface area contributed by atoms with Gasteiger partial charge in [-0.05, 0) is 62.7 Å². The van der Waals surface area contributed by atoms with Crippen molar-refractivity contribution in [1.29, 1.82) is 0 Å². The zero-order valence-corrected chi connectivity index (χ0v) is 23.2. The summed E-state index contributed by atoms with van der Waals surface area (Å²) in [5.41, 5.74) is 4.23. The zero-order valence-electron chi connectivity index (χ0n) is 23.2. The molecule has 0 aliphatic carbocycles. The zero-order chi connectivity index (χ0) is 27.4. The summed E-state index contributed by atoms with van der Waals surface area (Å²) in [7, 11) is 2.15. The number of hydrogen-bond acceptors (Lipinski definition) is 7. The van der Waals surface area contributed by atoms with Crippen molar-refractivity contribution in [3.8, 4) is 5.82 Å². The van der Waals surface area contributed by atoms with E-state index >= 15 is 0 Å². The predicted molar refractivity (Wildman–Crippen MR) is 153 cm³/mol. The van der Waals surface area contributed by atoms with Crippen molar-refractivity contribution in [2.75, 3.05) is 25.5 Å². The third kappa shape index (κ3) is 4.66. The fraction of sp³-hybridized carbons (Fsp3) is 0.400. The average Bonchev–Trinajstić information content (AvgIpc) is 3.15. The molecule has 3 aromatic heterocycles. The Morgan fingerprint density at radius 3 is 2.74 bits per heavy atom. The minimum absolute atomic E-state index is 0.0886. The molecule has 2 bridgehead atoms.